The summed E-state index contributed by atoms with van der Waals surface area (Å²) < 4.78 is 0. The molecule has 1 saturated heterocycles. The molecule has 6 nitrogen and oxygen atoms in total. The van der Waals surface area contributed by atoms with Gasteiger partial charge in [-0.15, -0.1) is 0 Å². The van der Waals surface area contributed by atoms with Crippen molar-refractivity contribution in [2.45, 2.75) is 12.2 Å². The van der Waals surface area contributed by atoms with Gasteiger partial charge in [-0.3, -0.25) is 0 Å². The number of hydrogen-bond donors (Lipinski definition) is 3. The van der Waals surface area contributed by atoms with E-state index in [1.807, 2.05) is 11.8 Å². The van der Waals surface area contributed by atoms with Gasteiger partial charge >= 0.3 is 12.0 Å². The first-order valence-corrected chi connectivity index (χ1v) is 7.26. The molecule has 0 bridgehead atoms. The van der Waals surface area contributed by atoms with Crippen LogP contribution in [-0.2, 0) is 0 Å². The number of phenols is 1. The number of urea groups is 1. The van der Waals surface area contributed by atoms with Gasteiger partial charge in [-0.25, -0.2) is 9.59 Å². The number of rotatable bonds is 2. The van der Waals surface area contributed by atoms with E-state index < -0.39 is 5.97 Å². The number of carbonyl (C=O) groups excluding carboxylic acids is 1. The number of aromatic carboxylic acids is 1. The van der Waals surface area contributed by atoms with Gasteiger partial charge in [0.05, 0.1) is 11.3 Å². The fraction of sp³-hybridized carbons (Fsp3) is 0.385. The number of hydrogen-bond acceptors (Lipinski definition) is 4. The summed E-state index contributed by atoms with van der Waals surface area (Å²) in [6, 6.07) is 3.56. The van der Waals surface area contributed by atoms with E-state index >= 15 is 0 Å². The van der Waals surface area contributed by atoms with Crippen LogP contribution < -0.4 is 5.32 Å². The van der Waals surface area contributed by atoms with E-state index in [1.54, 1.807) is 4.90 Å². The summed E-state index contributed by atoms with van der Waals surface area (Å²) in [5.41, 5.74) is 0.189. The Hall–Kier alpha value is -1.89. The van der Waals surface area contributed by atoms with Crippen LogP contribution in [0.3, 0.4) is 0 Å². The molecule has 0 spiro atoms. The molecule has 108 valence electrons. The molecule has 3 N–H and O–H groups in total. The van der Waals surface area contributed by atoms with Gasteiger partial charge in [0.2, 0.25) is 0 Å². The number of thioether (sulfide) groups is 1. The van der Waals surface area contributed by atoms with E-state index in [0.717, 1.165) is 11.8 Å². The number of anilines is 1. The summed E-state index contributed by atoms with van der Waals surface area (Å²) in [5.74, 6) is -0.490. The van der Waals surface area contributed by atoms with E-state index in [-0.39, 0.29) is 23.0 Å². The summed E-state index contributed by atoms with van der Waals surface area (Å²) in [6.07, 6.45) is 0. The molecule has 1 heterocycles. The largest absolute Gasteiger partial charge is 0.506 e. The van der Waals surface area contributed by atoms with Gasteiger partial charge in [-0.2, -0.15) is 11.8 Å². The maximum Gasteiger partial charge on any atom is 0.335 e. The molecule has 7 heteroatoms. The number of amides is 2. The molecule has 0 aromatic heterocycles. The lowest BCUT2D eigenvalue weighted by Crippen LogP contribution is -2.43. The van der Waals surface area contributed by atoms with Crippen molar-refractivity contribution in [2.75, 3.05) is 24.2 Å². The van der Waals surface area contributed by atoms with Gasteiger partial charge < -0.3 is 20.4 Å². The molecule has 2 rings (SSSR count). The highest BCUT2D eigenvalue weighted by Gasteiger charge is 2.22. The zero-order chi connectivity index (χ0) is 14.7. The van der Waals surface area contributed by atoms with Crippen molar-refractivity contribution in [2.24, 2.45) is 0 Å². The van der Waals surface area contributed by atoms with E-state index in [2.05, 4.69) is 12.2 Å². The van der Waals surface area contributed by atoms with E-state index in [1.165, 1.54) is 12.1 Å². The Morgan fingerprint density at radius 1 is 1.45 bits per heavy atom. The second-order valence-electron chi connectivity index (χ2n) is 4.59. The second kappa shape index (κ2) is 6.04. The van der Waals surface area contributed by atoms with Crippen molar-refractivity contribution in [3.63, 3.8) is 0 Å². The third kappa shape index (κ3) is 3.36. The maximum atomic E-state index is 12.1. The van der Waals surface area contributed by atoms with Crippen molar-refractivity contribution in [1.29, 1.82) is 0 Å². The zero-order valence-electron chi connectivity index (χ0n) is 11.0. The third-order valence-corrected chi connectivity index (χ3v) is 4.15. The molecule has 2 amide bonds. The number of carbonyl (C=O) groups is 2. The predicted octanol–water partition coefficient (Wildman–Crippen LogP) is 2.06. The third-order valence-electron chi connectivity index (χ3n) is 3.01. The second-order valence-corrected chi connectivity index (χ2v) is 6.14. The molecule has 1 aromatic rings. The van der Waals surface area contributed by atoms with Crippen LogP contribution in [0.15, 0.2) is 18.2 Å². The standard InChI is InChI=1S/C13H16N2O4S/c1-8-7-15(4-5-20-8)13(19)14-10-3-2-9(12(17)18)6-11(10)16/h2-3,6,8,16H,4-5,7H2,1H3,(H,14,19)(H,17,18). The molecule has 1 atom stereocenters. The molecule has 0 radical (unpaired) electrons. The average molecular weight is 296 g/mol. The highest BCUT2D eigenvalue weighted by atomic mass is 32.2. The molecule has 0 aliphatic carbocycles. The van der Waals surface area contributed by atoms with Crippen molar-refractivity contribution in [3.8, 4) is 5.75 Å². The molecule has 20 heavy (non-hydrogen) atoms. The number of benzene rings is 1. The fourth-order valence-corrected chi connectivity index (χ4v) is 2.98. The van der Waals surface area contributed by atoms with Gasteiger partial charge in [0.15, 0.2) is 0 Å². The summed E-state index contributed by atoms with van der Waals surface area (Å²) in [6.45, 7) is 3.38. The number of phenolic OH excluding ortho intramolecular Hbond substituents is 1. The topological polar surface area (TPSA) is 89.9 Å². The first kappa shape index (κ1) is 14.5. The lowest BCUT2D eigenvalue weighted by atomic mass is 10.2. The molecule has 1 fully saturated rings. The first-order valence-electron chi connectivity index (χ1n) is 6.21. The average Bonchev–Trinajstić information content (AvgIpc) is 2.40. The van der Waals surface area contributed by atoms with Gasteiger partial charge in [0.25, 0.3) is 0 Å². The van der Waals surface area contributed by atoms with E-state index in [9.17, 15) is 14.7 Å². The number of nitrogens with zero attached hydrogens (tertiary/aromatic N) is 1. The number of aromatic hydroxyl groups is 1. The zero-order valence-corrected chi connectivity index (χ0v) is 11.8. The molecule has 0 saturated carbocycles. The Morgan fingerprint density at radius 3 is 2.80 bits per heavy atom. The first-order chi connectivity index (χ1) is 9.47. The Kier molecular flexibility index (Phi) is 4.39. The molecule has 1 aliphatic rings. The molecule has 1 unspecified atom stereocenters. The molecular formula is C13H16N2O4S. The lowest BCUT2D eigenvalue weighted by molar-refractivity contribution is 0.0696. The monoisotopic (exact) mass is 296 g/mol. The normalized spacial score (nSPS) is 18.6. The van der Waals surface area contributed by atoms with Crippen LogP contribution in [0.5, 0.6) is 5.75 Å². The van der Waals surface area contributed by atoms with Gasteiger partial charge in [-0.1, -0.05) is 6.92 Å². The van der Waals surface area contributed by atoms with Crippen molar-refractivity contribution in [3.05, 3.63) is 23.8 Å². The predicted molar refractivity (Wildman–Crippen MR) is 77.6 cm³/mol. The van der Waals surface area contributed by atoms with Crippen LogP contribution in [0.4, 0.5) is 10.5 Å². The summed E-state index contributed by atoms with van der Waals surface area (Å²) in [5, 5.41) is 21.5. The molecule has 1 aromatic carbocycles. The number of carboxylic acid groups (broad SMARTS) is 1. The van der Waals surface area contributed by atoms with Crippen LogP contribution >= 0.6 is 11.8 Å². The van der Waals surface area contributed by atoms with Crippen LogP contribution in [-0.4, -0.2) is 51.2 Å². The van der Waals surface area contributed by atoms with Crippen LogP contribution in [0.1, 0.15) is 17.3 Å². The van der Waals surface area contributed by atoms with Gasteiger partial charge in [0, 0.05) is 24.1 Å². The Morgan fingerprint density at radius 2 is 2.20 bits per heavy atom. The Labute approximate surface area is 120 Å². The van der Waals surface area contributed by atoms with Crippen LogP contribution in [0.25, 0.3) is 0 Å². The molecular weight excluding hydrogens is 280 g/mol. The van der Waals surface area contributed by atoms with Gasteiger partial charge in [0.1, 0.15) is 5.75 Å². The lowest BCUT2D eigenvalue weighted by Gasteiger charge is -2.30. The Bertz CT molecular complexity index is 535. The van der Waals surface area contributed by atoms with Crippen molar-refractivity contribution >= 4 is 29.4 Å². The number of nitrogens with one attached hydrogen (secondary N) is 1. The number of carboxylic acids is 1. The van der Waals surface area contributed by atoms with Crippen LogP contribution in [0.2, 0.25) is 0 Å². The summed E-state index contributed by atoms with van der Waals surface area (Å²) in [7, 11) is 0. The van der Waals surface area contributed by atoms with Crippen molar-refractivity contribution in [1.82, 2.24) is 4.90 Å². The minimum atomic E-state index is -1.12. The smallest absolute Gasteiger partial charge is 0.335 e. The van der Waals surface area contributed by atoms with Gasteiger partial charge in [-0.05, 0) is 18.2 Å². The van der Waals surface area contributed by atoms with Crippen LogP contribution in [0, 0.1) is 0 Å². The SMILES string of the molecule is CC1CN(C(=O)Nc2ccc(C(=O)O)cc2O)CCS1. The van der Waals surface area contributed by atoms with E-state index in [0.29, 0.717) is 18.3 Å². The van der Waals surface area contributed by atoms with Crippen molar-refractivity contribution < 1.29 is 19.8 Å². The fourth-order valence-electron chi connectivity index (χ4n) is 1.97. The summed E-state index contributed by atoms with van der Waals surface area (Å²) >= 11 is 1.82. The maximum absolute atomic E-state index is 12.1. The molecule has 1 aliphatic heterocycles. The summed E-state index contributed by atoms with van der Waals surface area (Å²) in [4.78, 5) is 24.5. The minimum absolute atomic E-state index is 0.0245. The highest BCUT2D eigenvalue weighted by molar-refractivity contribution is 7.99. The quantitative estimate of drug-likeness (QED) is 0.727. The van der Waals surface area contributed by atoms with E-state index in [4.69, 9.17) is 5.11 Å². The highest BCUT2D eigenvalue weighted by Crippen LogP contribution is 2.25. The Balaban J connectivity index is 2.06. The minimum Gasteiger partial charge on any atom is -0.506 e.